The third-order valence-electron chi connectivity index (χ3n) is 7.39. The fraction of sp³-hybridized carbons (Fsp3) is 0.154. The van der Waals surface area contributed by atoms with Gasteiger partial charge in [0.05, 0.1) is 35.7 Å². The minimum atomic E-state index is -1.02. The number of ether oxygens (including phenoxy) is 2. The minimum Gasteiger partial charge on any atom is -0.494 e. The number of carbonyl (C=O) groups is 3. The summed E-state index contributed by atoms with van der Waals surface area (Å²) in [5.41, 5.74) is 2.99. The predicted octanol–water partition coefficient (Wildman–Crippen LogP) is 7.45. The van der Waals surface area contributed by atoms with Crippen LogP contribution in [-0.4, -0.2) is 42.2 Å². The largest absolute Gasteiger partial charge is 0.494 e. The van der Waals surface area contributed by atoms with E-state index in [1.165, 1.54) is 0 Å². The number of hydrogen-bond acceptors (Lipinski definition) is 8. The van der Waals surface area contributed by atoms with Crippen LogP contribution in [-0.2, 0) is 16.1 Å². The molecule has 0 aliphatic rings. The van der Waals surface area contributed by atoms with Crippen molar-refractivity contribution in [2.45, 2.75) is 25.3 Å². The van der Waals surface area contributed by atoms with Gasteiger partial charge in [0, 0.05) is 6.42 Å². The number of carboxylic acid groups (broad SMARTS) is 1. The van der Waals surface area contributed by atoms with Gasteiger partial charge in [0.25, 0.3) is 0 Å². The van der Waals surface area contributed by atoms with Crippen molar-refractivity contribution in [2.24, 2.45) is 0 Å². The van der Waals surface area contributed by atoms with Crippen LogP contribution in [0.1, 0.15) is 39.1 Å². The maximum absolute atomic E-state index is 12.7. The molecule has 0 radical (unpaired) electrons. The van der Waals surface area contributed by atoms with Gasteiger partial charge < -0.3 is 24.7 Å². The molecule has 9 nitrogen and oxygen atoms in total. The number of carbonyl (C=O) groups excluding carboxylic acids is 2. The molecule has 0 heterocycles. The van der Waals surface area contributed by atoms with E-state index >= 15 is 0 Å². The van der Waals surface area contributed by atoms with Crippen molar-refractivity contribution in [1.29, 1.82) is 0 Å². The lowest BCUT2D eigenvalue weighted by Gasteiger charge is -2.23. The van der Waals surface area contributed by atoms with Gasteiger partial charge >= 0.3 is 17.9 Å². The highest BCUT2D eigenvalue weighted by Crippen LogP contribution is 2.27. The van der Waals surface area contributed by atoms with Crippen LogP contribution in [0.3, 0.4) is 0 Å². The number of hydroxylamine groups is 1. The van der Waals surface area contributed by atoms with E-state index in [0.717, 1.165) is 11.3 Å². The lowest BCUT2D eigenvalue weighted by molar-refractivity contribution is -0.138. The number of rotatable bonds is 16. The van der Waals surface area contributed by atoms with Crippen molar-refractivity contribution in [2.75, 3.05) is 23.5 Å². The number of aryl methyl sites for hydroxylation is 1. The van der Waals surface area contributed by atoms with E-state index in [0.29, 0.717) is 55.0 Å². The Kier molecular flexibility index (Phi) is 11.8. The van der Waals surface area contributed by atoms with Crippen LogP contribution in [0.4, 0.5) is 11.4 Å². The highest BCUT2D eigenvalue weighted by molar-refractivity contribution is 5.92. The molecule has 0 saturated heterocycles. The van der Waals surface area contributed by atoms with Gasteiger partial charge in [-0.15, -0.1) is 0 Å². The second-order valence-electron chi connectivity index (χ2n) is 10.9. The quantitative estimate of drug-likeness (QED) is 0.0489. The maximum atomic E-state index is 12.7. The Morgan fingerprint density at radius 1 is 0.688 bits per heavy atom. The van der Waals surface area contributed by atoms with Crippen LogP contribution >= 0.6 is 0 Å². The molecule has 5 rings (SSSR count). The standard InChI is InChI=1S/C39H36N2O7/c42-37(43)35(40-34-19-10-11-20-36(34)47-38(44)30-13-4-1-5-14-30)26-23-29-21-24-33(25-22-29)46-28-12-27-41(32-17-8-3-9-18-32)48-39(45)31-15-6-2-7-16-31/h1-11,13-22,24-25,35,40H,12,23,26-28H2,(H,42,43). The zero-order chi connectivity index (χ0) is 33.6. The Morgan fingerprint density at radius 3 is 1.92 bits per heavy atom. The van der Waals surface area contributed by atoms with Gasteiger partial charge in [0.2, 0.25) is 0 Å². The first-order valence-electron chi connectivity index (χ1n) is 15.6. The van der Waals surface area contributed by atoms with Gasteiger partial charge in [0.15, 0.2) is 5.75 Å². The van der Waals surface area contributed by atoms with Gasteiger partial charge in [-0.05, 0) is 79.1 Å². The smallest absolute Gasteiger partial charge is 0.363 e. The molecule has 0 amide bonds. The van der Waals surface area contributed by atoms with Crippen LogP contribution < -0.4 is 19.9 Å². The number of aliphatic carboxylic acids is 1. The van der Waals surface area contributed by atoms with Crippen LogP contribution in [0, 0.1) is 0 Å². The molecule has 0 aliphatic heterocycles. The van der Waals surface area contributed by atoms with E-state index in [1.807, 2.05) is 60.7 Å². The maximum Gasteiger partial charge on any atom is 0.363 e. The van der Waals surface area contributed by atoms with Crippen molar-refractivity contribution in [3.8, 4) is 11.5 Å². The number of hydrogen-bond donors (Lipinski definition) is 2. The SMILES string of the molecule is O=C(Oc1ccccc1NC(CCc1ccc(OCCCN(OC(=O)c2ccccc2)c2ccccc2)cc1)C(=O)O)c1ccccc1. The summed E-state index contributed by atoms with van der Waals surface area (Å²) in [7, 11) is 0. The number of para-hydroxylation sites is 3. The van der Waals surface area contributed by atoms with Gasteiger partial charge in [0.1, 0.15) is 11.8 Å². The molecule has 244 valence electrons. The lowest BCUT2D eigenvalue weighted by atomic mass is 10.0. The van der Waals surface area contributed by atoms with E-state index in [9.17, 15) is 19.5 Å². The zero-order valence-corrected chi connectivity index (χ0v) is 26.2. The molecule has 0 bridgehead atoms. The number of esters is 1. The average molecular weight is 645 g/mol. The summed E-state index contributed by atoms with van der Waals surface area (Å²) in [6.45, 7) is 0.823. The van der Waals surface area contributed by atoms with Crippen LogP contribution in [0.25, 0.3) is 0 Å². The van der Waals surface area contributed by atoms with Gasteiger partial charge in [-0.2, -0.15) is 0 Å². The van der Waals surface area contributed by atoms with Gasteiger partial charge in [-0.1, -0.05) is 78.9 Å². The molecule has 0 aliphatic carbocycles. The molecule has 2 N–H and O–H groups in total. The Labute approximate surface area is 279 Å². The monoisotopic (exact) mass is 644 g/mol. The molecule has 0 fully saturated rings. The van der Waals surface area contributed by atoms with E-state index in [2.05, 4.69) is 5.32 Å². The summed E-state index contributed by atoms with van der Waals surface area (Å²) in [4.78, 5) is 43.1. The Bertz CT molecular complexity index is 1770. The molecule has 1 unspecified atom stereocenters. The highest BCUT2D eigenvalue weighted by Gasteiger charge is 2.20. The molecule has 48 heavy (non-hydrogen) atoms. The Morgan fingerprint density at radius 2 is 1.27 bits per heavy atom. The van der Waals surface area contributed by atoms with Crippen molar-refractivity contribution >= 4 is 29.3 Å². The average Bonchev–Trinajstić information content (AvgIpc) is 3.13. The minimum absolute atomic E-state index is 0.250. The summed E-state index contributed by atoms with van der Waals surface area (Å²) >= 11 is 0. The second kappa shape index (κ2) is 17.0. The van der Waals surface area contributed by atoms with E-state index in [1.54, 1.807) is 83.9 Å². The van der Waals surface area contributed by atoms with Crippen LogP contribution in [0.5, 0.6) is 11.5 Å². The zero-order valence-electron chi connectivity index (χ0n) is 26.2. The second-order valence-corrected chi connectivity index (χ2v) is 10.9. The molecular weight excluding hydrogens is 608 g/mol. The summed E-state index contributed by atoms with van der Waals surface area (Å²) in [6, 6.07) is 40.2. The topological polar surface area (TPSA) is 114 Å². The summed E-state index contributed by atoms with van der Waals surface area (Å²) < 4.78 is 11.5. The fourth-order valence-corrected chi connectivity index (χ4v) is 4.86. The summed E-state index contributed by atoms with van der Waals surface area (Å²) in [6.07, 6.45) is 1.38. The van der Waals surface area contributed by atoms with Crippen molar-refractivity contribution in [1.82, 2.24) is 0 Å². The first kappa shape index (κ1) is 33.3. The number of carboxylic acids is 1. The van der Waals surface area contributed by atoms with Crippen LogP contribution in [0.15, 0.2) is 140 Å². The molecule has 1 atom stereocenters. The van der Waals surface area contributed by atoms with Gasteiger partial charge in [-0.3, -0.25) is 0 Å². The molecule has 0 aromatic heterocycles. The van der Waals surface area contributed by atoms with Crippen molar-refractivity contribution < 1.29 is 33.8 Å². The first-order chi connectivity index (χ1) is 23.5. The third-order valence-corrected chi connectivity index (χ3v) is 7.39. The van der Waals surface area contributed by atoms with E-state index < -0.39 is 23.9 Å². The van der Waals surface area contributed by atoms with Gasteiger partial charge in [-0.25, -0.2) is 19.4 Å². The van der Waals surface area contributed by atoms with Crippen molar-refractivity contribution in [3.05, 3.63) is 156 Å². The normalized spacial score (nSPS) is 11.2. The molecule has 0 saturated carbocycles. The molecule has 0 spiro atoms. The molecule has 5 aromatic carbocycles. The first-order valence-corrected chi connectivity index (χ1v) is 15.6. The Hall–Kier alpha value is -6.09. The number of nitrogens with one attached hydrogen (secondary N) is 1. The molecule has 5 aromatic rings. The van der Waals surface area contributed by atoms with Crippen molar-refractivity contribution in [3.63, 3.8) is 0 Å². The third kappa shape index (κ3) is 9.70. The molecule has 9 heteroatoms. The predicted molar refractivity (Wildman–Crippen MR) is 183 cm³/mol. The number of anilines is 2. The summed E-state index contributed by atoms with van der Waals surface area (Å²) in [5.74, 6) is -1.06. The lowest BCUT2D eigenvalue weighted by Crippen LogP contribution is -2.30. The van der Waals surface area contributed by atoms with E-state index in [4.69, 9.17) is 14.3 Å². The number of nitrogens with zero attached hydrogens (tertiary/aromatic N) is 1. The molecular formula is C39H36N2O7. The summed E-state index contributed by atoms with van der Waals surface area (Å²) in [5, 5.41) is 14.5. The van der Waals surface area contributed by atoms with Crippen LogP contribution in [0.2, 0.25) is 0 Å². The Balaban J connectivity index is 1.11. The number of benzene rings is 5. The fourth-order valence-electron chi connectivity index (χ4n) is 4.86. The van der Waals surface area contributed by atoms with E-state index in [-0.39, 0.29) is 5.75 Å². The highest BCUT2D eigenvalue weighted by atomic mass is 16.7.